The zero-order chi connectivity index (χ0) is 14.6. The van der Waals surface area contributed by atoms with Crippen LogP contribution in [0.3, 0.4) is 0 Å². The van der Waals surface area contributed by atoms with Crippen LogP contribution in [0.2, 0.25) is 0 Å². The van der Waals surface area contributed by atoms with E-state index < -0.39 is 17.7 Å². The van der Waals surface area contributed by atoms with Crippen LogP contribution in [-0.4, -0.2) is 19.1 Å². The summed E-state index contributed by atoms with van der Waals surface area (Å²) < 4.78 is 42.3. The summed E-state index contributed by atoms with van der Waals surface area (Å²) in [5.41, 5.74) is 0.335. The lowest BCUT2D eigenvalue weighted by atomic mass is 10.1. The molecule has 0 aliphatic carbocycles. The van der Waals surface area contributed by atoms with Crippen LogP contribution in [0.15, 0.2) is 18.2 Å². The van der Waals surface area contributed by atoms with Crippen molar-refractivity contribution in [1.82, 2.24) is 0 Å². The van der Waals surface area contributed by atoms with Crippen LogP contribution in [-0.2, 0) is 15.7 Å². The molecule has 0 spiro atoms. The van der Waals surface area contributed by atoms with Crippen molar-refractivity contribution in [2.75, 3.05) is 12.4 Å². The number of ether oxygens (including phenoxy) is 1. The molecule has 1 N–H and O–H groups in total. The van der Waals surface area contributed by atoms with Crippen molar-refractivity contribution in [2.45, 2.75) is 32.5 Å². The number of aryl methyl sites for hydroxylation is 1. The van der Waals surface area contributed by atoms with Gasteiger partial charge in [0.1, 0.15) is 0 Å². The quantitative estimate of drug-likeness (QED) is 0.856. The molecule has 0 fully saturated rings. The molecule has 1 aromatic carbocycles. The third kappa shape index (κ3) is 4.46. The van der Waals surface area contributed by atoms with Gasteiger partial charge < -0.3 is 10.1 Å². The molecule has 106 valence electrons. The number of carbonyl (C=O) groups excluding carboxylic acids is 1. The van der Waals surface area contributed by atoms with Crippen molar-refractivity contribution in [3.63, 3.8) is 0 Å². The van der Waals surface area contributed by atoms with Gasteiger partial charge in [0.15, 0.2) is 0 Å². The summed E-state index contributed by atoms with van der Waals surface area (Å²) in [6.45, 7) is 3.41. The topological polar surface area (TPSA) is 38.3 Å². The Labute approximate surface area is 109 Å². The molecule has 1 atom stereocenters. The Morgan fingerprint density at radius 3 is 2.58 bits per heavy atom. The third-order valence-corrected chi connectivity index (χ3v) is 2.67. The molecule has 0 heterocycles. The van der Waals surface area contributed by atoms with Crippen LogP contribution in [0.4, 0.5) is 18.9 Å². The van der Waals surface area contributed by atoms with Gasteiger partial charge in [0.25, 0.3) is 0 Å². The largest absolute Gasteiger partial charge is 0.469 e. The first kappa shape index (κ1) is 15.3. The molecule has 1 rings (SSSR count). The van der Waals surface area contributed by atoms with Crippen molar-refractivity contribution < 1.29 is 22.7 Å². The van der Waals surface area contributed by atoms with Gasteiger partial charge >= 0.3 is 12.1 Å². The minimum absolute atomic E-state index is 0.0895. The number of hydrogen-bond donors (Lipinski definition) is 1. The first-order valence-electron chi connectivity index (χ1n) is 5.75. The molecule has 3 nitrogen and oxygen atoms in total. The number of halogens is 3. The van der Waals surface area contributed by atoms with Crippen LogP contribution in [0.5, 0.6) is 0 Å². The molecular weight excluding hydrogens is 259 g/mol. The van der Waals surface area contributed by atoms with E-state index in [1.807, 2.05) is 0 Å². The highest BCUT2D eigenvalue weighted by Gasteiger charge is 2.30. The second-order valence-corrected chi connectivity index (χ2v) is 4.35. The molecule has 0 aromatic heterocycles. The Morgan fingerprint density at radius 1 is 1.42 bits per heavy atom. The molecular formula is C13H16F3NO2. The number of alkyl halides is 3. The fourth-order valence-electron chi connectivity index (χ4n) is 1.60. The molecule has 0 radical (unpaired) electrons. The van der Waals surface area contributed by atoms with Gasteiger partial charge in [0.2, 0.25) is 0 Å². The van der Waals surface area contributed by atoms with Gasteiger partial charge in [-0.2, -0.15) is 13.2 Å². The summed E-state index contributed by atoms with van der Waals surface area (Å²) >= 11 is 0. The smallest absolute Gasteiger partial charge is 0.416 e. The predicted octanol–water partition coefficient (Wildman–Crippen LogP) is 3.38. The molecule has 0 aliphatic rings. The summed E-state index contributed by atoms with van der Waals surface area (Å²) in [7, 11) is 1.27. The summed E-state index contributed by atoms with van der Waals surface area (Å²) in [5.74, 6) is -0.412. The normalized spacial score (nSPS) is 12.9. The van der Waals surface area contributed by atoms with E-state index in [4.69, 9.17) is 0 Å². The highest BCUT2D eigenvalue weighted by molar-refractivity contribution is 5.70. The lowest BCUT2D eigenvalue weighted by Gasteiger charge is -2.17. The molecule has 0 amide bonds. The second-order valence-electron chi connectivity index (χ2n) is 4.35. The van der Waals surface area contributed by atoms with Gasteiger partial charge in [-0.05, 0) is 31.5 Å². The van der Waals surface area contributed by atoms with E-state index in [1.165, 1.54) is 13.2 Å². The summed E-state index contributed by atoms with van der Waals surface area (Å²) in [6.07, 6.45) is -4.29. The monoisotopic (exact) mass is 275 g/mol. The number of carbonyl (C=O) groups is 1. The highest BCUT2D eigenvalue weighted by atomic mass is 19.4. The standard InChI is InChI=1S/C13H16F3NO2/c1-8-4-5-10(13(14,15)16)7-11(8)17-9(2)6-12(18)19-3/h4-5,7,9,17H,6H2,1-3H3. The van der Waals surface area contributed by atoms with Crippen LogP contribution in [0.25, 0.3) is 0 Å². The minimum atomic E-state index is -4.38. The Kier molecular flexibility index (Phi) is 4.80. The first-order valence-corrected chi connectivity index (χ1v) is 5.75. The molecule has 1 aromatic rings. The molecule has 0 aliphatic heterocycles. The van der Waals surface area contributed by atoms with Gasteiger partial charge in [-0.25, -0.2) is 0 Å². The molecule has 6 heteroatoms. The lowest BCUT2D eigenvalue weighted by molar-refractivity contribution is -0.141. The molecule has 0 saturated heterocycles. The molecule has 0 bridgehead atoms. The van der Waals surface area contributed by atoms with Gasteiger partial charge in [0.05, 0.1) is 19.1 Å². The Hall–Kier alpha value is -1.72. The number of benzene rings is 1. The summed E-state index contributed by atoms with van der Waals surface area (Å²) in [4.78, 5) is 11.1. The number of hydrogen-bond acceptors (Lipinski definition) is 3. The van der Waals surface area contributed by atoms with Crippen molar-refractivity contribution in [3.05, 3.63) is 29.3 Å². The van der Waals surface area contributed by atoms with Crippen LogP contribution >= 0.6 is 0 Å². The molecule has 19 heavy (non-hydrogen) atoms. The van der Waals surface area contributed by atoms with E-state index >= 15 is 0 Å². The number of methoxy groups -OCH3 is 1. The maximum Gasteiger partial charge on any atom is 0.416 e. The summed E-state index contributed by atoms with van der Waals surface area (Å²) in [5, 5.41) is 2.89. The third-order valence-electron chi connectivity index (χ3n) is 2.67. The minimum Gasteiger partial charge on any atom is -0.469 e. The maximum atomic E-state index is 12.6. The zero-order valence-corrected chi connectivity index (χ0v) is 11.0. The van der Waals surface area contributed by atoms with Crippen molar-refractivity contribution in [3.8, 4) is 0 Å². The van der Waals surface area contributed by atoms with Gasteiger partial charge in [-0.15, -0.1) is 0 Å². The first-order chi connectivity index (χ1) is 8.74. The zero-order valence-electron chi connectivity index (χ0n) is 11.0. The van der Waals surface area contributed by atoms with E-state index in [1.54, 1.807) is 13.8 Å². The second kappa shape index (κ2) is 5.95. The Bertz CT molecular complexity index is 458. The van der Waals surface area contributed by atoms with Crippen molar-refractivity contribution >= 4 is 11.7 Å². The average molecular weight is 275 g/mol. The van der Waals surface area contributed by atoms with E-state index in [0.717, 1.165) is 12.1 Å². The fourth-order valence-corrected chi connectivity index (χ4v) is 1.60. The molecule has 0 saturated carbocycles. The van der Waals surface area contributed by atoms with Crippen LogP contribution in [0, 0.1) is 6.92 Å². The van der Waals surface area contributed by atoms with Crippen LogP contribution in [0.1, 0.15) is 24.5 Å². The van der Waals surface area contributed by atoms with E-state index in [-0.39, 0.29) is 12.5 Å². The summed E-state index contributed by atoms with van der Waals surface area (Å²) in [6, 6.07) is 3.17. The lowest BCUT2D eigenvalue weighted by Crippen LogP contribution is -2.21. The average Bonchev–Trinajstić information content (AvgIpc) is 2.30. The number of rotatable bonds is 4. The Balaban J connectivity index is 2.85. The van der Waals surface area contributed by atoms with Gasteiger partial charge in [-0.1, -0.05) is 6.07 Å². The van der Waals surface area contributed by atoms with E-state index in [2.05, 4.69) is 10.1 Å². The number of esters is 1. The highest BCUT2D eigenvalue weighted by Crippen LogP contribution is 2.32. The van der Waals surface area contributed by atoms with Crippen LogP contribution < -0.4 is 5.32 Å². The maximum absolute atomic E-state index is 12.6. The van der Waals surface area contributed by atoms with E-state index in [9.17, 15) is 18.0 Å². The van der Waals surface area contributed by atoms with Crippen molar-refractivity contribution in [2.24, 2.45) is 0 Å². The SMILES string of the molecule is COC(=O)CC(C)Nc1cc(C(F)(F)F)ccc1C. The number of nitrogens with one attached hydrogen (secondary N) is 1. The van der Waals surface area contributed by atoms with E-state index in [0.29, 0.717) is 11.3 Å². The predicted molar refractivity (Wildman–Crippen MR) is 65.9 cm³/mol. The Morgan fingerprint density at radius 2 is 2.05 bits per heavy atom. The van der Waals surface area contributed by atoms with Gasteiger partial charge in [0, 0.05) is 11.7 Å². The van der Waals surface area contributed by atoms with Crippen molar-refractivity contribution in [1.29, 1.82) is 0 Å². The number of anilines is 1. The molecule has 1 unspecified atom stereocenters. The fraction of sp³-hybridized carbons (Fsp3) is 0.462. The van der Waals surface area contributed by atoms with Gasteiger partial charge in [-0.3, -0.25) is 4.79 Å².